The lowest BCUT2D eigenvalue weighted by Crippen LogP contribution is -2.33. The lowest BCUT2D eigenvalue weighted by Gasteiger charge is -2.26. The van der Waals surface area contributed by atoms with E-state index in [0.29, 0.717) is 5.92 Å². The summed E-state index contributed by atoms with van der Waals surface area (Å²) in [5.74, 6) is -0.317. The van der Waals surface area contributed by atoms with Gasteiger partial charge in [0, 0.05) is 6.04 Å². The molecule has 78 valence electrons. The number of nitrogens with two attached hydrogens (primary N) is 1. The van der Waals surface area contributed by atoms with Crippen LogP contribution in [0.2, 0.25) is 0 Å². The molecule has 0 aromatic heterocycles. The minimum Gasteiger partial charge on any atom is -0.481 e. The van der Waals surface area contributed by atoms with Gasteiger partial charge in [-0.15, -0.1) is 12.4 Å². The Morgan fingerprint density at radius 3 is 2.38 bits per heavy atom. The monoisotopic (exact) mass is 207 g/mol. The summed E-state index contributed by atoms with van der Waals surface area (Å²) in [5, 5.41) is 8.53. The van der Waals surface area contributed by atoms with Crippen molar-refractivity contribution in [1.29, 1.82) is 0 Å². The van der Waals surface area contributed by atoms with Gasteiger partial charge in [-0.25, -0.2) is 0 Å². The minimum absolute atomic E-state index is 0. The lowest BCUT2D eigenvalue weighted by atomic mass is 9.83. The summed E-state index contributed by atoms with van der Waals surface area (Å²) in [5.41, 5.74) is 5.77. The molecule has 3 nitrogen and oxygen atoms in total. The highest BCUT2D eigenvalue weighted by atomic mass is 35.5. The number of hydrogen-bond donors (Lipinski definition) is 2. The standard InChI is InChI=1S/C9H17NO2.ClH/c10-8(6-9(11)12)7-4-2-1-3-5-7;/h7-8H,1-6,10H2,(H,11,12);1H/t8-;/m1./s1. The van der Waals surface area contributed by atoms with Crippen molar-refractivity contribution in [2.24, 2.45) is 11.7 Å². The van der Waals surface area contributed by atoms with Gasteiger partial charge in [0.2, 0.25) is 0 Å². The highest BCUT2D eigenvalue weighted by molar-refractivity contribution is 5.85. The minimum atomic E-state index is -0.770. The van der Waals surface area contributed by atoms with Gasteiger partial charge >= 0.3 is 5.97 Å². The molecule has 0 amide bonds. The maximum atomic E-state index is 10.4. The predicted octanol–water partition coefficient (Wildman–Crippen LogP) is 1.79. The Labute approximate surface area is 85.1 Å². The molecule has 1 atom stereocenters. The molecule has 1 rings (SSSR count). The fourth-order valence-electron chi connectivity index (χ4n) is 1.93. The number of halogens is 1. The molecule has 0 bridgehead atoms. The summed E-state index contributed by atoms with van der Waals surface area (Å²) in [6, 6.07) is -0.122. The molecule has 13 heavy (non-hydrogen) atoms. The molecular weight excluding hydrogens is 190 g/mol. The molecule has 1 fully saturated rings. The topological polar surface area (TPSA) is 63.3 Å². The predicted molar refractivity (Wildman–Crippen MR) is 54.1 cm³/mol. The zero-order valence-electron chi connectivity index (χ0n) is 7.74. The van der Waals surface area contributed by atoms with E-state index < -0.39 is 5.97 Å². The third-order valence-electron chi connectivity index (χ3n) is 2.67. The number of hydrogen-bond acceptors (Lipinski definition) is 2. The Hall–Kier alpha value is -0.280. The molecule has 0 aliphatic heterocycles. The molecule has 1 aliphatic carbocycles. The van der Waals surface area contributed by atoms with E-state index in [9.17, 15) is 4.79 Å². The molecular formula is C9H18ClNO2. The number of rotatable bonds is 3. The van der Waals surface area contributed by atoms with Crippen molar-refractivity contribution in [3.05, 3.63) is 0 Å². The maximum absolute atomic E-state index is 10.4. The Morgan fingerprint density at radius 1 is 1.38 bits per heavy atom. The molecule has 3 N–H and O–H groups in total. The fourth-order valence-corrected chi connectivity index (χ4v) is 1.93. The highest BCUT2D eigenvalue weighted by Gasteiger charge is 2.21. The van der Waals surface area contributed by atoms with Gasteiger partial charge in [0.05, 0.1) is 6.42 Å². The van der Waals surface area contributed by atoms with Crippen molar-refractivity contribution in [2.75, 3.05) is 0 Å². The summed E-state index contributed by atoms with van der Waals surface area (Å²) >= 11 is 0. The second-order valence-corrected chi connectivity index (χ2v) is 3.66. The number of carboxylic acids is 1. The van der Waals surface area contributed by atoms with Crippen LogP contribution in [0, 0.1) is 5.92 Å². The van der Waals surface area contributed by atoms with Crippen molar-refractivity contribution in [3.8, 4) is 0 Å². The second-order valence-electron chi connectivity index (χ2n) is 3.66. The zero-order chi connectivity index (χ0) is 8.97. The lowest BCUT2D eigenvalue weighted by molar-refractivity contribution is -0.137. The van der Waals surface area contributed by atoms with Gasteiger partial charge in [0.15, 0.2) is 0 Å². The van der Waals surface area contributed by atoms with E-state index in [-0.39, 0.29) is 24.9 Å². The number of aliphatic carboxylic acids is 1. The van der Waals surface area contributed by atoms with E-state index in [1.165, 1.54) is 19.3 Å². The fraction of sp³-hybridized carbons (Fsp3) is 0.889. The van der Waals surface area contributed by atoms with E-state index in [2.05, 4.69) is 0 Å². The van der Waals surface area contributed by atoms with Gasteiger partial charge in [-0.2, -0.15) is 0 Å². The van der Waals surface area contributed by atoms with Gasteiger partial charge in [-0.05, 0) is 18.8 Å². The molecule has 0 unspecified atom stereocenters. The van der Waals surface area contributed by atoms with E-state index in [4.69, 9.17) is 10.8 Å². The number of carboxylic acid groups (broad SMARTS) is 1. The quantitative estimate of drug-likeness (QED) is 0.742. The van der Waals surface area contributed by atoms with E-state index in [1.807, 2.05) is 0 Å². The smallest absolute Gasteiger partial charge is 0.304 e. The number of carbonyl (C=O) groups is 1. The van der Waals surface area contributed by atoms with Crippen LogP contribution in [-0.4, -0.2) is 17.1 Å². The van der Waals surface area contributed by atoms with Crippen molar-refractivity contribution >= 4 is 18.4 Å². The van der Waals surface area contributed by atoms with Crippen LogP contribution in [0.3, 0.4) is 0 Å². The molecule has 0 heterocycles. The first kappa shape index (κ1) is 12.7. The van der Waals surface area contributed by atoms with Crippen molar-refractivity contribution < 1.29 is 9.90 Å². The normalized spacial score (nSPS) is 20.4. The van der Waals surface area contributed by atoms with Crippen LogP contribution < -0.4 is 5.73 Å². The van der Waals surface area contributed by atoms with Crippen molar-refractivity contribution in [1.82, 2.24) is 0 Å². The third-order valence-corrected chi connectivity index (χ3v) is 2.67. The summed E-state index contributed by atoms with van der Waals surface area (Å²) in [6.45, 7) is 0. The third kappa shape index (κ3) is 4.48. The average Bonchev–Trinajstić information content (AvgIpc) is 2.05. The highest BCUT2D eigenvalue weighted by Crippen LogP contribution is 2.26. The molecule has 0 aromatic rings. The van der Waals surface area contributed by atoms with Crippen LogP contribution >= 0.6 is 12.4 Å². The summed E-state index contributed by atoms with van der Waals surface area (Å²) < 4.78 is 0. The Bertz CT molecular complexity index is 158. The van der Waals surface area contributed by atoms with Gasteiger partial charge in [0.1, 0.15) is 0 Å². The Balaban J connectivity index is 0.00000144. The molecule has 1 saturated carbocycles. The second kappa shape index (κ2) is 6.22. The molecule has 4 heteroatoms. The van der Waals surface area contributed by atoms with Crippen LogP contribution in [0.15, 0.2) is 0 Å². The first-order valence-electron chi connectivity index (χ1n) is 4.67. The summed E-state index contributed by atoms with van der Waals surface area (Å²) in [7, 11) is 0. The van der Waals surface area contributed by atoms with Crippen LogP contribution in [0.4, 0.5) is 0 Å². The van der Waals surface area contributed by atoms with E-state index in [1.54, 1.807) is 0 Å². The maximum Gasteiger partial charge on any atom is 0.304 e. The molecule has 0 radical (unpaired) electrons. The van der Waals surface area contributed by atoms with Gasteiger partial charge in [0.25, 0.3) is 0 Å². The van der Waals surface area contributed by atoms with E-state index >= 15 is 0 Å². The molecule has 0 saturated heterocycles. The Morgan fingerprint density at radius 2 is 1.92 bits per heavy atom. The molecule has 0 spiro atoms. The summed E-state index contributed by atoms with van der Waals surface area (Å²) in [4.78, 5) is 10.4. The van der Waals surface area contributed by atoms with Gasteiger partial charge in [-0.3, -0.25) is 4.79 Å². The van der Waals surface area contributed by atoms with Crippen molar-refractivity contribution in [3.63, 3.8) is 0 Å². The Kier molecular flexibility index (Phi) is 6.08. The summed E-state index contributed by atoms with van der Waals surface area (Å²) in [6.07, 6.45) is 6.10. The average molecular weight is 208 g/mol. The van der Waals surface area contributed by atoms with Crippen LogP contribution in [0.1, 0.15) is 38.5 Å². The zero-order valence-corrected chi connectivity index (χ0v) is 8.55. The first-order chi connectivity index (χ1) is 5.70. The van der Waals surface area contributed by atoms with Crippen LogP contribution in [0.5, 0.6) is 0 Å². The largest absolute Gasteiger partial charge is 0.481 e. The van der Waals surface area contributed by atoms with E-state index in [0.717, 1.165) is 12.8 Å². The van der Waals surface area contributed by atoms with Gasteiger partial charge < -0.3 is 10.8 Å². The van der Waals surface area contributed by atoms with Gasteiger partial charge in [-0.1, -0.05) is 19.3 Å². The SMILES string of the molecule is Cl.N[C@H](CC(=O)O)C1CCCCC1. The molecule has 1 aliphatic rings. The van der Waals surface area contributed by atoms with Crippen LogP contribution in [0.25, 0.3) is 0 Å². The first-order valence-corrected chi connectivity index (χ1v) is 4.67. The molecule has 0 aromatic carbocycles. The van der Waals surface area contributed by atoms with Crippen LogP contribution in [-0.2, 0) is 4.79 Å². The van der Waals surface area contributed by atoms with Crippen molar-refractivity contribution in [2.45, 2.75) is 44.6 Å².